The number of fused-ring (bicyclic) bond motifs is 1. The molecule has 142 valence electrons. The second-order valence-electron chi connectivity index (χ2n) is 5.83. The van der Waals surface area contributed by atoms with E-state index in [1.165, 1.54) is 17.8 Å². The number of nitrogens with zero attached hydrogens (tertiary/aromatic N) is 2. The zero-order valence-corrected chi connectivity index (χ0v) is 16.3. The monoisotopic (exact) mass is 407 g/mol. The summed E-state index contributed by atoms with van der Waals surface area (Å²) in [6, 6.07) is 11.9. The molecule has 0 atom stereocenters. The van der Waals surface area contributed by atoms with Crippen molar-refractivity contribution >= 4 is 40.3 Å². The van der Waals surface area contributed by atoms with Crippen molar-refractivity contribution in [2.75, 3.05) is 19.5 Å². The van der Waals surface area contributed by atoms with E-state index in [2.05, 4.69) is 10.3 Å². The van der Waals surface area contributed by atoms with E-state index in [1.54, 1.807) is 31.4 Å². The third-order valence-electron chi connectivity index (χ3n) is 3.96. The number of benzene rings is 2. The summed E-state index contributed by atoms with van der Waals surface area (Å²) in [5.74, 6) is -0.339. The largest absolute Gasteiger partial charge is 0.383 e. The number of hydrogen-bond donors (Lipinski definition) is 1. The number of methoxy groups -OCH3 is 1. The van der Waals surface area contributed by atoms with Crippen LogP contribution in [0.15, 0.2) is 47.6 Å². The molecule has 0 aliphatic rings. The lowest BCUT2D eigenvalue weighted by Gasteiger charge is -2.09. The number of carbonyl (C=O) groups excluding carboxylic acids is 1. The first-order valence-electron chi connectivity index (χ1n) is 8.36. The third kappa shape index (κ3) is 5.00. The Labute approximate surface area is 165 Å². The molecule has 0 bridgehead atoms. The molecule has 27 heavy (non-hydrogen) atoms. The number of rotatable bonds is 8. The van der Waals surface area contributed by atoms with E-state index >= 15 is 0 Å². The molecule has 3 aromatic rings. The van der Waals surface area contributed by atoms with Crippen LogP contribution in [0.25, 0.3) is 11.0 Å². The molecule has 0 aliphatic carbocycles. The Morgan fingerprint density at radius 2 is 2.15 bits per heavy atom. The van der Waals surface area contributed by atoms with Gasteiger partial charge < -0.3 is 14.6 Å². The minimum atomic E-state index is -0.330. The predicted molar refractivity (Wildman–Crippen MR) is 106 cm³/mol. The van der Waals surface area contributed by atoms with Crippen molar-refractivity contribution in [3.8, 4) is 0 Å². The van der Waals surface area contributed by atoms with E-state index in [9.17, 15) is 9.18 Å². The summed E-state index contributed by atoms with van der Waals surface area (Å²) < 4.78 is 20.8. The Kier molecular flexibility index (Phi) is 6.71. The summed E-state index contributed by atoms with van der Waals surface area (Å²) in [7, 11) is 1.64. The summed E-state index contributed by atoms with van der Waals surface area (Å²) >= 11 is 7.37. The molecule has 0 radical (unpaired) electrons. The average Bonchev–Trinajstić information content (AvgIpc) is 3.00. The van der Waals surface area contributed by atoms with Crippen LogP contribution < -0.4 is 5.32 Å². The fourth-order valence-electron chi connectivity index (χ4n) is 2.61. The first kappa shape index (κ1) is 19.7. The van der Waals surface area contributed by atoms with E-state index in [4.69, 9.17) is 16.3 Å². The molecule has 1 heterocycles. The number of carbonyl (C=O) groups is 1. The quantitative estimate of drug-likeness (QED) is 0.576. The molecular formula is C19H19ClFN3O2S. The van der Waals surface area contributed by atoms with E-state index in [-0.39, 0.29) is 24.0 Å². The van der Waals surface area contributed by atoms with Crippen LogP contribution in [0, 0.1) is 5.82 Å². The van der Waals surface area contributed by atoms with Gasteiger partial charge in [-0.15, -0.1) is 0 Å². The van der Waals surface area contributed by atoms with Crippen LogP contribution in [-0.2, 0) is 22.6 Å². The number of hydrogen-bond acceptors (Lipinski definition) is 4. The zero-order chi connectivity index (χ0) is 19.2. The molecule has 0 saturated heterocycles. The summed E-state index contributed by atoms with van der Waals surface area (Å²) in [6.07, 6.45) is 0. The topological polar surface area (TPSA) is 56.1 Å². The molecule has 8 heteroatoms. The molecule has 2 aromatic carbocycles. The van der Waals surface area contributed by atoms with Crippen molar-refractivity contribution in [2.24, 2.45) is 0 Å². The van der Waals surface area contributed by atoms with Crippen LogP contribution in [0.3, 0.4) is 0 Å². The summed E-state index contributed by atoms with van der Waals surface area (Å²) in [4.78, 5) is 16.7. The zero-order valence-electron chi connectivity index (χ0n) is 14.7. The number of thioether (sulfide) groups is 1. The molecule has 0 unspecified atom stereocenters. The Morgan fingerprint density at radius 3 is 2.93 bits per heavy atom. The Morgan fingerprint density at radius 1 is 1.33 bits per heavy atom. The Hall–Kier alpha value is -2.09. The number of amides is 1. The van der Waals surface area contributed by atoms with Gasteiger partial charge in [-0.1, -0.05) is 41.6 Å². The van der Waals surface area contributed by atoms with Gasteiger partial charge >= 0.3 is 0 Å². The second kappa shape index (κ2) is 9.21. The number of nitrogens with one attached hydrogen (secondary N) is 1. The van der Waals surface area contributed by atoms with Crippen molar-refractivity contribution in [3.63, 3.8) is 0 Å². The molecule has 3 rings (SSSR count). The fourth-order valence-corrected chi connectivity index (χ4v) is 3.64. The van der Waals surface area contributed by atoms with Gasteiger partial charge in [-0.25, -0.2) is 9.37 Å². The molecule has 1 aromatic heterocycles. The van der Waals surface area contributed by atoms with Crippen molar-refractivity contribution < 1.29 is 13.9 Å². The lowest BCUT2D eigenvalue weighted by Crippen LogP contribution is -2.25. The maximum atomic E-state index is 13.6. The van der Waals surface area contributed by atoms with Gasteiger partial charge in [0.1, 0.15) is 5.82 Å². The highest BCUT2D eigenvalue weighted by molar-refractivity contribution is 7.99. The standard InChI is InChI=1S/C19H19ClFN3O2S/c1-26-9-8-24-17-7-6-14(20)10-16(17)23-19(24)27-12-18(25)22-11-13-4-2-3-5-15(13)21/h2-7,10H,8-9,11-12H2,1H3,(H,22,25). The summed E-state index contributed by atoms with van der Waals surface area (Å²) in [6.45, 7) is 1.30. The van der Waals surface area contributed by atoms with E-state index in [0.29, 0.717) is 28.9 Å². The molecule has 0 saturated carbocycles. The fraction of sp³-hybridized carbons (Fsp3) is 0.263. The van der Waals surface area contributed by atoms with Crippen LogP contribution in [0.4, 0.5) is 4.39 Å². The SMILES string of the molecule is COCCn1c(SCC(=O)NCc2ccccc2F)nc2cc(Cl)ccc21. The maximum absolute atomic E-state index is 13.6. The van der Waals surface area contributed by atoms with E-state index < -0.39 is 0 Å². The molecule has 0 aliphatic heterocycles. The van der Waals surface area contributed by atoms with Gasteiger partial charge in [0.15, 0.2) is 5.16 Å². The van der Waals surface area contributed by atoms with E-state index in [0.717, 1.165) is 11.0 Å². The smallest absolute Gasteiger partial charge is 0.230 e. The van der Waals surface area contributed by atoms with Crippen LogP contribution in [0.2, 0.25) is 5.02 Å². The molecule has 1 amide bonds. The molecular weight excluding hydrogens is 389 g/mol. The van der Waals surface area contributed by atoms with Gasteiger partial charge in [-0.2, -0.15) is 0 Å². The number of halogens is 2. The number of aromatic nitrogens is 2. The van der Waals surface area contributed by atoms with Crippen molar-refractivity contribution in [3.05, 3.63) is 58.9 Å². The van der Waals surface area contributed by atoms with Gasteiger partial charge in [-0.3, -0.25) is 4.79 Å². The summed E-state index contributed by atoms with van der Waals surface area (Å²) in [5, 5.41) is 4.06. The molecule has 0 spiro atoms. The third-order valence-corrected chi connectivity index (χ3v) is 5.17. The highest BCUT2D eigenvalue weighted by atomic mass is 35.5. The highest BCUT2D eigenvalue weighted by Crippen LogP contribution is 2.26. The second-order valence-corrected chi connectivity index (χ2v) is 7.21. The minimum absolute atomic E-state index is 0.155. The van der Waals surface area contributed by atoms with Crippen LogP contribution in [0.5, 0.6) is 0 Å². The maximum Gasteiger partial charge on any atom is 0.230 e. The van der Waals surface area contributed by atoms with Crippen molar-refractivity contribution in [1.82, 2.24) is 14.9 Å². The van der Waals surface area contributed by atoms with Gasteiger partial charge in [0.25, 0.3) is 0 Å². The van der Waals surface area contributed by atoms with Gasteiger partial charge in [0, 0.05) is 30.8 Å². The van der Waals surface area contributed by atoms with Crippen LogP contribution in [-0.4, -0.2) is 34.9 Å². The lowest BCUT2D eigenvalue weighted by molar-refractivity contribution is -0.118. The summed E-state index contributed by atoms with van der Waals surface area (Å²) in [5.41, 5.74) is 2.16. The Bertz CT molecular complexity index is 948. The van der Waals surface area contributed by atoms with E-state index in [1.807, 2.05) is 16.7 Å². The molecule has 5 nitrogen and oxygen atoms in total. The van der Waals surface area contributed by atoms with Crippen molar-refractivity contribution in [1.29, 1.82) is 0 Å². The van der Waals surface area contributed by atoms with Gasteiger partial charge in [-0.05, 0) is 24.3 Å². The lowest BCUT2D eigenvalue weighted by atomic mass is 10.2. The molecule has 1 N–H and O–H groups in total. The minimum Gasteiger partial charge on any atom is -0.383 e. The molecule has 0 fully saturated rings. The first-order valence-corrected chi connectivity index (χ1v) is 9.72. The van der Waals surface area contributed by atoms with Gasteiger partial charge in [0.2, 0.25) is 5.91 Å². The number of ether oxygens (including phenoxy) is 1. The highest BCUT2D eigenvalue weighted by Gasteiger charge is 2.13. The predicted octanol–water partition coefficient (Wildman–Crippen LogP) is 3.88. The van der Waals surface area contributed by atoms with Gasteiger partial charge in [0.05, 0.1) is 23.4 Å². The van der Waals surface area contributed by atoms with Crippen LogP contribution >= 0.6 is 23.4 Å². The number of imidazole rings is 1. The first-order chi connectivity index (χ1) is 13.1. The average molecular weight is 408 g/mol. The normalized spacial score (nSPS) is 11.1. The van der Waals surface area contributed by atoms with Crippen molar-refractivity contribution in [2.45, 2.75) is 18.2 Å². The Balaban J connectivity index is 1.66. The van der Waals surface area contributed by atoms with Crippen LogP contribution in [0.1, 0.15) is 5.56 Å².